The van der Waals surface area contributed by atoms with Crippen molar-refractivity contribution in [3.05, 3.63) is 71.3 Å². The third kappa shape index (κ3) is 4.20. The Morgan fingerprint density at radius 1 is 1.15 bits per heavy atom. The van der Waals surface area contributed by atoms with Crippen LogP contribution in [0, 0.1) is 5.41 Å². The highest BCUT2D eigenvalue weighted by Gasteiger charge is 2.46. The van der Waals surface area contributed by atoms with E-state index in [2.05, 4.69) is 20.5 Å². The molecule has 0 amide bonds. The summed E-state index contributed by atoms with van der Waals surface area (Å²) in [5.41, 5.74) is 1.31. The molecule has 10 heteroatoms. The van der Waals surface area contributed by atoms with Crippen molar-refractivity contribution in [2.75, 3.05) is 18.9 Å². The van der Waals surface area contributed by atoms with E-state index in [9.17, 15) is 13.2 Å². The number of nitrogens with zero attached hydrogens (tertiary/aromatic N) is 4. The Labute approximate surface area is 195 Å². The van der Waals surface area contributed by atoms with Crippen LogP contribution in [0.5, 0.6) is 0 Å². The molecule has 5 rings (SSSR count). The molecule has 2 atom stereocenters. The van der Waals surface area contributed by atoms with Crippen LogP contribution in [-0.4, -0.2) is 52.3 Å². The van der Waals surface area contributed by atoms with E-state index in [-0.39, 0.29) is 18.6 Å². The van der Waals surface area contributed by atoms with Gasteiger partial charge in [0.25, 0.3) is 0 Å². The SMILES string of the molecule is CN1C/C(=C(/NCc2ccc(C(F)(F)F)nc2)Nc2ccccc2)C(=N)N2C1=N[C@@H]1CCC[C@@H]12. The number of likely N-dealkylation sites (N-methyl/N-ethyl adjacent to an activating group) is 1. The summed E-state index contributed by atoms with van der Waals surface area (Å²) in [6.07, 6.45) is -0.0878. The summed E-state index contributed by atoms with van der Waals surface area (Å²) < 4.78 is 38.6. The average molecular weight is 470 g/mol. The number of halogens is 3. The number of nitrogens with one attached hydrogen (secondary N) is 3. The zero-order chi connectivity index (χ0) is 23.9. The molecule has 0 unspecified atom stereocenters. The fourth-order valence-corrected chi connectivity index (χ4v) is 4.78. The predicted octanol–water partition coefficient (Wildman–Crippen LogP) is 4.03. The van der Waals surface area contributed by atoms with Crippen molar-refractivity contribution in [1.82, 2.24) is 20.1 Å². The minimum Gasteiger partial charge on any atom is -0.367 e. The minimum atomic E-state index is -4.47. The molecule has 1 saturated heterocycles. The van der Waals surface area contributed by atoms with E-state index in [1.807, 2.05) is 42.3 Å². The summed E-state index contributed by atoms with van der Waals surface area (Å²) in [4.78, 5) is 12.5. The van der Waals surface area contributed by atoms with Gasteiger partial charge in [-0.3, -0.25) is 15.3 Å². The van der Waals surface area contributed by atoms with Crippen LogP contribution >= 0.6 is 0 Å². The first-order valence-electron chi connectivity index (χ1n) is 11.3. The van der Waals surface area contributed by atoms with E-state index in [0.29, 0.717) is 23.8 Å². The molecule has 1 aromatic heterocycles. The first-order valence-corrected chi connectivity index (χ1v) is 11.3. The molecule has 1 aromatic carbocycles. The van der Waals surface area contributed by atoms with Gasteiger partial charge < -0.3 is 15.5 Å². The number of rotatable bonds is 5. The van der Waals surface area contributed by atoms with Crippen LogP contribution in [0.4, 0.5) is 18.9 Å². The standard InChI is InChI=1S/C24H26F3N7/c1-33-14-17(21(28)34-19-9-5-8-18(19)32-23(33)34)22(31-16-6-3-2-4-7-16)30-13-15-10-11-20(29-12-15)24(25,26)27/h2-4,6-7,10-12,18-19,28,30-31H,5,8-9,13-14H2,1H3/b22-17+,28-21?/t18-,19+/m1/s1. The number of para-hydroxylation sites is 1. The van der Waals surface area contributed by atoms with Crippen LogP contribution in [0.1, 0.15) is 30.5 Å². The third-order valence-electron chi connectivity index (χ3n) is 6.47. The van der Waals surface area contributed by atoms with Gasteiger partial charge in [-0.15, -0.1) is 0 Å². The highest BCUT2D eigenvalue weighted by molar-refractivity contribution is 6.11. The Hall–Kier alpha value is -3.56. The normalized spacial score (nSPS) is 23.4. The molecule has 7 nitrogen and oxygen atoms in total. The molecular formula is C24H26F3N7. The van der Waals surface area contributed by atoms with Crippen molar-refractivity contribution in [1.29, 1.82) is 5.41 Å². The van der Waals surface area contributed by atoms with Crippen LogP contribution in [0.25, 0.3) is 0 Å². The van der Waals surface area contributed by atoms with Gasteiger partial charge in [0.15, 0.2) is 0 Å². The molecular weight excluding hydrogens is 443 g/mol. The molecule has 34 heavy (non-hydrogen) atoms. The fraction of sp³-hybridized carbons (Fsp3) is 0.375. The van der Waals surface area contributed by atoms with Gasteiger partial charge >= 0.3 is 6.18 Å². The quantitative estimate of drug-likeness (QED) is 0.616. The van der Waals surface area contributed by atoms with Gasteiger partial charge in [-0.2, -0.15) is 13.2 Å². The fourth-order valence-electron chi connectivity index (χ4n) is 4.78. The van der Waals surface area contributed by atoms with Crippen LogP contribution in [0.15, 0.2) is 65.0 Å². The Bertz CT molecular complexity index is 1130. The van der Waals surface area contributed by atoms with Gasteiger partial charge in [0.05, 0.1) is 24.2 Å². The smallest absolute Gasteiger partial charge is 0.367 e. The molecule has 178 valence electrons. The largest absolute Gasteiger partial charge is 0.433 e. The summed E-state index contributed by atoms with van der Waals surface area (Å²) in [5.74, 6) is 1.89. The molecule has 0 spiro atoms. The molecule has 2 aromatic rings. The van der Waals surface area contributed by atoms with E-state index in [1.165, 1.54) is 12.3 Å². The van der Waals surface area contributed by atoms with Crippen molar-refractivity contribution in [3.63, 3.8) is 0 Å². The van der Waals surface area contributed by atoms with Gasteiger partial charge in [-0.25, -0.2) is 4.99 Å². The van der Waals surface area contributed by atoms with Gasteiger partial charge in [-0.05, 0) is 43.0 Å². The predicted molar refractivity (Wildman–Crippen MR) is 124 cm³/mol. The summed E-state index contributed by atoms with van der Waals surface area (Å²) >= 11 is 0. The van der Waals surface area contributed by atoms with E-state index in [0.717, 1.165) is 42.5 Å². The van der Waals surface area contributed by atoms with E-state index >= 15 is 0 Å². The van der Waals surface area contributed by atoms with Crippen LogP contribution in [0.2, 0.25) is 0 Å². The monoisotopic (exact) mass is 469 g/mol. The Morgan fingerprint density at radius 3 is 2.65 bits per heavy atom. The first-order chi connectivity index (χ1) is 16.3. The number of fused-ring (bicyclic) bond motifs is 3. The van der Waals surface area contributed by atoms with E-state index in [4.69, 9.17) is 10.4 Å². The summed E-state index contributed by atoms with van der Waals surface area (Å²) in [7, 11) is 1.97. The van der Waals surface area contributed by atoms with Crippen molar-refractivity contribution in [2.45, 2.75) is 44.1 Å². The zero-order valence-electron chi connectivity index (χ0n) is 18.7. The Balaban J connectivity index is 1.43. The number of alkyl halides is 3. The van der Waals surface area contributed by atoms with E-state index in [1.54, 1.807) is 0 Å². The lowest BCUT2D eigenvalue weighted by atomic mass is 10.1. The number of guanidine groups is 1. The lowest BCUT2D eigenvalue weighted by Gasteiger charge is -2.39. The average Bonchev–Trinajstić information content (AvgIpc) is 3.41. The maximum atomic E-state index is 12.9. The van der Waals surface area contributed by atoms with E-state index < -0.39 is 11.9 Å². The molecule has 3 heterocycles. The first kappa shape index (κ1) is 22.2. The van der Waals surface area contributed by atoms with Gasteiger partial charge in [0.2, 0.25) is 5.96 Å². The lowest BCUT2D eigenvalue weighted by Crippen LogP contribution is -2.54. The molecule has 0 bridgehead atoms. The molecule has 2 aliphatic heterocycles. The third-order valence-corrected chi connectivity index (χ3v) is 6.47. The number of hydrogen-bond acceptors (Lipinski definition) is 6. The van der Waals surface area contributed by atoms with Crippen molar-refractivity contribution >= 4 is 17.5 Å². The number of pyridine rings is 1. The van der Waals surface area contributed by atoms with Gasteiger partial charge in [0.1, 0.15) is 17.4 Å². The second-order valence-corrected chi connectivity index (χ2v) is 8.82. The summed E-state index contributed by atoms with van der Waals surface area (Å²) in [5, 5.41) is 15.7. The topological polar surface area (TPSA) is 79.6 Å². The Kier molecular flexibility index (Phi) is 5.66. The molecule has 3 N–H and O–H groups in total. The molecule has 1 aliphatic carbocycles. The van der Waals surface area contributed by atoms with Crippen LogP contribution < -0.4 is 10.6 Å². The molecule has 3 aliphatic rings. The zero-order valence-corrected chi connectivity index (χ0v) is 18.7. The maximum absolute atomic E-state index is 12.9. The number of aliphatic imine (C=N–C) groups is 1. The number of hydrogen-bond donors (Lipinski definition) is 3. The van der Waals surface area contributed by atoms with Gasteiger partial charge in [-0.1, -0.05) is 24.3 Å². The van der Waals surface area contributed by atoms with Gasteiger partial charge in [0, 0.05) is 25.5 Å². The maximum Gasteiger partial charge on any atom is 0.433 e. The highest BCUT2D eigenvalue weighted by Crippen LogP contribution is 2.36. The molecule has 0 radical (unpaired) electrons. The second-order valence-electron chi connectivity index (χ2n) is 8.82. The van der Waals surface area contributed by atoms with Crippen LogP contribution in [0.3, 0.4) is 0 Å². The number of benzene rings is 1. The van der Waals surface area contributed by atoms with Crippen molar-refractivity contribution < 1.29 is 13.2 Å². The summed E-state index contributed by atoms with van der Waals surface area (Å²) in [6, 6.07) is 12.4. The highest BCUT2D eigenvalue weighted by atomic mass is 19.4. The number of anilines is 1. The van der Waals surface area contributed by atoms with Crippen molar-refractivity contribution in [2.24, 2.45) is 4.99 Å². The molecule has 1 saturated carbocycles. The lowest BCUT2D eigenvalue weighted by molar-refractivity contribution is -0.141. The van der Waals surface area contributed by atoms with Crippen molar-refractivity contribution in [3.8, 4) is 0 Å². The minimum absolute atomic E-state index is 0.206. The second kappa shape index (κ2) is 8.66. The van der Waals surface area contributed by atoms with Crippen LogP contribution in [-0.2, 0) is 12.7 Å². The Morgan fingerprint density at radius 2 is 1.94 bits per heavy atom. The number of amidine groups is 1. The summed E-state index contributed by atoms with van der Waals surface area (Å²) in [6.45, 7) is 0.745. The molecule has 2 fully saturated rings. The number of aromatic nitrogens is 1.